The number of benzene rings is 3. The fraction of sp³-hybridized carbons (Fsp3) is 0.333. The predicted molar refractivity (Wildman–Crippen MR) is 139 cm³/mol. The minimum absolute atomic E-state index is 0.0330. The average Bonchev–Trinajstić information content (AvgIpc) is 3.14. The van der Waals surface area contributed by atoms with Gasteiger partial charge in [-0.15, -0.1) is 0 Å². The van der Waals surface area contributed by atoms with Crippen molar-refractivity contribution in [1.82, 2.24) is 14.7 Å². The van der Waals surface area contributed by atoms with E-state index < -0.39 is 0 Å². The van der Waals surface area contributed by atoms with Crippen LogP contribution < -0.4 is 5.56 Å². The van der Waals surface area contributed by atoms with Crippen molar-refractivity contribution >= 4 is 10.8 Å². The number of likely N-dealkylation sites (tertiary alicyclic amines) is 1. The number of hydrogen-bond acceptors (Lipinski definition) is 3. The fourth-order valence-electron chi connectivity index (χ4n) is 5.25. The fourth-order valence-corrected chi connectivity index (χ4v) is 5.25. The summed E-state index contributed by atoms with van der Waals surface area (Å²) in [5.74, 6) is -0.398. The zero-order valence-electron chi connectivity index (χ0n) is 20.4. The van der Waals surface area contributed by atoms with Crippen LogP contribution in [-0.4, -0.2) is 34.3 Å². The minimum Gasteiger partial charge on any atom is -0.303 e. The van der Waals surface area contributed by atoms with E-state index in [-0.39, 0.29) is 23.2 Å². The van der Waals surface area contributed by atoms with Gasteiger partial charge >= 0.3 is 0 Å². The van der Waals surface area contributed by atoms with Gasteiger partial charge in [0, 0.05) is 18.4 Å². The number of halogens is 2. The minimum atomic E-state index is -0.265. The monoisotopic (exact) mass is 487 g/mol. The van der Waals surface area contributed by atoms with Gasteiger partial charge in [0.25, 0.3) is 5.56 Å². The first kappa shape index (κ1) is 24.3. The molecule has 1 saturated heterocycles. The van der Waals surface area contributed by atoms with Crippen LogP contribution in [0, 0.1) is 11.6 Å². The summed E-state index contributed by atoms with van der Waals surface area (Å²) in [6, 6.07) is 21.1. The lowest BCUT2D eigenvalue weighted by molar-refractivity contribution is 0.274. The van der Waals surface area contributed by atoms with E-state index in [4.69, 9.17) is 5.10 Å². The summed E-state index contributed by atoms with van der Waals surface area (Å²) in [4.78, 5) is 15.9. The third-order valence-electron chi connectivity index (χ3n) is 7.20. The molecule has 1 fully saturated rings. The molecule has 2 heterocycles. The maximum atomic E-state index is 13.9. The van der Waals surface area contributed by atoms with E-state index in [1.165, 1.54) is 18.2 Å². The van der Waals surface area contributed by atoms with Crippen molar-refractivity contribution in [3.05, 3.63) is 112 Å². The molecule has 1 atom stereocenters. The Hall–Kier alpha value is -3.38. The van der Waals surface area contributed by atoms with Gasteiger partial charge in [-0.2, -0.15) is 5.10 Å². The smallest absolute Gasteiger partial charge is 0.274 e. The van der Waals surface area contributed by atoms with Gasteiger partial charge in [-0.05, 0) is 80.6 Å². The van der Waals surface area contributed by atoms with Crippen LogP contribution in [0.25, 0.3) is 10.8 Å². The molecule has 0 radical (unpaired) electrons. The number of aromatic nitrogens is 2. The van der Waals surface area contributed by atoms with Crippen molar-refractivity contribution in [2.75, 3.05) is 19.6 Å². The highest BCUT2D eigenvalue weighted by Gasteiger charge is 2.22. The first-order valence-corrected chi connectivity index (χ1v) is 12.8. The van der Waals surface area contributed by atoms with Crippen molar-refractivity contribution in [1.29, 1.82) is 0 Å². The highest BCUT2D eigenvalue weighted by atomic mass is 19.1. The zero-order valence-corrected chi connectivity index (χ0v) is 20.4. The lowest BCUT2D eigenvalue weighted by atomic mass is 10.0. The van der Waals surface area contributed by atoms with Crippen LogP contribution in [0.5, 0.6) is 0 Å². The number of hydrogen-bond donors (Lipinski definition) is 0. The Kier molecular flexibility index (Phi) is 7.52. The summed E-state index contributed by atoms with van der Waals surface area (Å²) in [6.07, 6.45) is 4.90. The van der Waals surface area contributed by atoms with Crippen LogP contribution in [0.2, 0.25) is 0 Å². The molecule has 4 aromatic rings. The highest BCUT2D eigenvalue weighted by molar-refractivity contribution is 5.83. The lowest BCUT2D eigenvalue weighted by Gasteiger charge is -2.21. The molecule has 0 aliphatic carbocycles. The Balaban J connectivity index is 1.32. The molecule has 36 heavy (non-hydrogen) atoms. The lowest BCUT2D eigenvalue weighted by Crippen LogP contribution is -2.30. The van der Waals surface area contributed by atoms with E-state index in [0.29, 0.717) is 11.8 Å². The Morgan fingerprint density at radius 2 is 1.61 bits per heavy atom. The Morgan fingerprint density at radius 3 is 2.42 bits per heavy atom. The molecular formula is C30H31F2N3O. The van der Waals surface area contributed by atoms with E-state index in [0.717, 1.165) is 73.9 Å². The van der Waals surface area contributed by atoms with E-state index in [1.54, 1.807) is 22.9 Å². The van der Waals surface area contributed by atoms with Crippen molar-refractivity contribution in [2.24, 2.45) is 0 Å². The van der Waals surface area contributed by atoms with E-state index >= 15 is 0 Å². The number of aryl methyl sites for hydroxylation is 1. The van der Waals surface area contributed by atoms with Crippen LogP contribution >= 0.6 is 0 Å². The first-order valence-electron chi connectivity index (χ1n) is 12.8. The number of rotatable bonds is 7. The van der Waals surface area contributed by atoms with Crippen molar-refractivity contribution in [2.45, 2.75) is 44.6 Å². The normalized spacial score (nSPS) is 16.8. The van der Waals surface area contributed by atoms with Gasteiger partial charge in [0.1, 0.15) is 11.6 Å². The van der Waals surface area contributed by atoms with Gasteiger partial charge in [-0.3, -0.25) is 4.79 Å². The van der Waals surface area contributed by atoms with Crippen molar-refractivity contribution < 1.29 is 8.78 Å². The summed E-state index contributed by atoms with van der Waals surface area (Å²) in [7, 11) is 0. The highest BCUT2D eigenvalue weighted by Crippen LogP contribution is 2.24. The number of fused-ring (bicyclic) bond motifs is 1. The Morgan fingerprint density at radius 1 is 0.861 bits per heavy atom. The molecule has 1 aliphatic heterocycles. The molecule has 0 N–H and O–H groups in total. The summed E-state index contributed by atoms with van der Waals surface area (Å²) in [5, 5.41) is 6.40. The van der Waals surface area contributed by atoms with Gasteiger partial charge in [0.05, 0.1) is 17.1 Å². The van der Waals surface area contributed by atoms with Crippen LogP contribution in [0.15, 0.2) is 77.6 Å². The van der Waals surface area contributed by atoms with E-state index in [9.17, 15) is 13.6 Å². The van der Waals surface area contributed by atoms with Crippen LogP contribution in [0.1, 0.15) is 48.5 Å². The summed E-state index contributed by atoms with van der Waals surface area (Å²) < 4.78 is 29.0. The molecule has 3 aromatic carbocycles. The maximum Gasteiger partial charge on any atom is 0.274 e. The molecule has 1 aromatic heterocycles. The topological polar surface area (TPSA) is 38.1 Å². The zero-order chi connectivity index (χ0) is 24.9. The first-order chi connectivity index (χ1) is 17.6. The van der Waals surface area contributed by atoms with Crippen LogP contribution in [0.4, 0.5) is 8.78 Å². The molecule has 186 valence electrons. The second-order valence-corrected chi connectivity index (χ2v) is 9.67. The summed E-state index contributed by atoms with van der Waals surface area (Å²) >= 11 is 0. The third-order valence-corrected chi connectivity index (χ3v) is 7.20. The van der Waals surface area contributed by atoms with E-state index in [1.807, 2.05) is 36.4 Å². The average molecular weight is 488 g/mol. The summed E-state index contributed by atoms with van der Waals surface area (Å²) in [5.41, 5.74) is 2.52. The molecule has 5 rings (SSSR count). The van der Waals surface area contributed by atoms with Gasteiger partial charge in [0.15, 0.2) is 0 Å². The summed E-state index contributed by atoms with van der Waals surface area (Å²) in [6.45, 7) is 2.77. The molecular weight excluding hydrogens is 456 g/mol. The van der Waals surface area contributed by atoms with Crippen LogP contribution in [0.3, 0.4) is 0 Å². The van der Waals surface area contributed by atoms with Gasteiger partial charge in [-0.1, -0.05) is 48.5 Å². The second-order valence-electron chi connectivity index (χ2n) is 9.67. The second kappa shape index (κ2) is 11.1. The standard InChI is InChI=1S/C30H31F2N3O/c31-24-15-13-22(14-16-24)21-29-26-10-2-3-11-27(26)30(36)35(33-29)25-9-6-19-34(20-17-25)18-5-8-23-7-1-4-12-28(23)32/h1-4,7,10-16,25H,5-6,8-9,17-21H2. The Labute approximate surface area is 210 Å². The van der Waals surface area contributed by atoms with Crippen molar-refractivity contribution in [3.63, 3.8) is 0 Å². The Bertz CT molecular complexity index is 1380. The third kappa shape index (κ3) is 5.54. The molecule has 0 bridgehead atoms. The molecule has 1 aliphatic rings. The molecule has 6 heteroatoms. The molecule has 4 nitrogen and oxygen atoms in total. The quantitative estimate of drug-likeness (QED) is 0.325. The van der Waals surface area contributed by atoms with Crippen molar-refractivity contribution in [3.8, 4) is 0 Å². The van der Waals surface area contributed by atoms with E-state index in [2.05, 4.69) is 4.90 Å². The van der Waals surface area contributed by atoms with Gasteiger partial charge in [0.2, 0.25) is 0 Å². The molecule has 1 unspecified atom stereocenters. The predicted octanol–water partition coefficient (Wildman–Crippen LogP) is 5.93. The molecule has 0 saturated carbocycles. The molecule has 0 spiro atoms. The number of nitrogens with zero attached hydrogens (tertiary/aromatic N) is 3. The van der Waals surface area contributed by atoms with Gasteiger partial charge in [-0.25, -0.2) is 13.5 Å². The van der Waals surface area contributed by atoms with Gasteiger partial charge < -0.3 is 4.90 Å². The largest absolute Gasteiger partial charge is 0.303 e. The van der Waals surface area contributed by atoms with Crippen LogP contribution in [-0.2, 0) is 12.8 Å². The maximum absolute atomic E-state index is 13.9. The SMILES string of the molecule is O=c1c2ccccc2c(Cc2ccc(F)cc2)nn1C1CCCN(CCCc2ccccc2F)CC1. The molecule has 0 amide bonds.